The van der Waals surface area contributed by atoms with E-state index in [0.717, 1.165) is 0 Å². The molecule has 3 nitrogen and oxygen atoms in total. The van der Waals surface area contributed by atoms with Crippen molar-refractivity contribution < 1.29 is 19.3 Å². The Hall–Kier alpha value is -1.13. The summed E-state index contributed by atoms with van der Waals surface area (Å²) in [6, 6.07) is 4.23. The molecule has 14 heavy (non-hydrogen) atoms. The number of halogens is 1. The Morgan fingerprint density at radius 3 is 2.71 bits per heavy atom. The lowest BCUT2D eigenvalue weighted by Gasteiger charge is -2.10. The lowest BCUT2D eigenvalue weighted by Crippen LogP contribution is -2.01. The summed E-state index contributed by atoms with van der Waals surface area (Å²) in [5.74, 6) is -0.369. The van der Waals surface area contributed by atoms with Gasteiger partial charge < -0.3 is 14.9 Å². The van der Waals surface area contributed by atoms with Gasteiger partial charge in [0.05, 0.1) is 13.2 Å². The van der Waals surface area contributed by atoms with Crippen molar-refractivity contribution in [1.29, 1.82) is 0 Å². The third-order valence-corrected chi connectivity index (χ3v) is 1.96. The van der Waals surface area contributed by atoms with Crippen molar-refractivity contribution >= 4 is 0 Å². The second-order valence-electron chi connectivity index (χ2n) is 2.92. The van der Waals surface area contributed by atoms with E-state index in [-0.39, 0.29) is 18.8 Å². The Labute approximate surface area is 81.8 Å². The highest BCUT2D eigenvalue weighted by Gasteiger charge is 2.10. The smallest absolute Gasteiger partial charge is 0.165 e. The van der Waals surface area contributed by atoms with E-state index in [9.17, 15) is 9.50 Å². The normalized spacial score (nSPS) is 12.6. The van der Waals surface area contributed by atoms with Gasteiger partial charge in [-0.25, -0.2) is 4.39 Å². The van der Waals surface area contributed by atoms with Gasteiger partial charge >= 0.3 is 0 Å². The molecular formula is C10H13FO3. The summed E-state index contributed by atoms with van der Waals surface area (Å²) in [5, 5.41) is 18.0. The third kappa shape index (κ3) is 2.43. The van der Waals surface area contributed by atoms with Crippen LogP contribution >= 0.6 is 0 Å². The van der Waals surface area contributed by atoms with Crippen molar-refractivity contribution in [2.45, 2.75) is 12.5 Å². The maximum atomic E-state index is 13.2. The van der Waals surface area contributed by atoms with Gasteiger partial charge in [-0.2, -0.15) is 0 Å². The largest absolute Gasteiger partial charge is 0.494 e. The fourth-order valence-electron chi connectivity index (χ4n) is 1.18. The monoisotopic (exact) mass is 200 g/mol. The molecule has 78 valence electrons. The first-order chi connectivity index (χ1) is 6.69. The molecule has 0 heterocycles. The number of rotatable bonds is 4. The molecule has 0 saturated carbocycles. The molecule has 1 unspecified atom stereocenters. The first-order valence-corrected chi connectivity index (χ1v) is 4.31. The van der Waals surface area contributed by atoms with E-state index in [4.69, 9.17) is 9.84 Å². The molecule has 1 aromatic carbocycles. The third-order valence-electron chi connectivity index (χ3n) is 1.96. The second-order valence-corrected chi connectivity index (χ2v) is 2.92. The fraction of sp³-hybridized carbons (Fsp3) is 0.400. The molecule has 1 atom stereocenters. The highest BCUT2D eigenvalue weighted by atomic mass is 19.1. The van der Waals surface area contributed by atoms with Gasteiger partial charge in [-0.1, -0.05) is 6.07 Å². The number of aliphatic hydroxyl groups excluding tert-OH is 2. The van der Waals surface area contributed by atoms with Crippen LogP contribution in [-0.2, 0) is 0 Å². The number of benzene rings is 1. The van der Waals surface area contributed by atoms with Gasteiger partial charge in [0.1, 0.15) is 0 Å². The lowest BCUT2D eigenvalue weighted by atomic mass is 10.1. The number of ether oxygens (including phenoxy) is 1. The van der Waals surface area contributed by atoms with Crippen molar-refractivity contribution in [2.75, 3.05) is 13.7 Å². The summed E-state index contributed by atoms with van der Waals surface area (Å²) in [7, 11) is 1.38. The minimum absolute atomic E-state index is 0.130. The van der Waals surface area contributed by atoms with Gasteiger partial charge in [0.25, 0.3) is 0 Å². The van der Waals surface area contributed by atoms with Crippen LogP contribution in [0, 0.1) is 5.82 Å². The van der Waals surface area contributed by atoms with Gasteiger partial charge in [0.2, 0.25) is 0 Å². The second kappa shape index (κ2) is 4.93. The number of hydrogen-bond donors (Lipinski definition) is 2. The molecule has 1 aromatic rings. The summed E-state index contributed by atoms with van der Waals surface area (Å²) >= 11 is 0. The Bertz CT molecular complexity index is 301. The van der Waals surface area contributed by atoms with E-state index < -0.39 is 11.9 Å². The van der Waals surface area contributed by atoms with Crippen molar-refractivity contribution in [3.63, 3.8) is 0 Å². The topological polar surface area (TPSA) is 49.7 Å². The van der Waals surface area contributed by atoms with Crippen molar-refractivity contribution in [3.8, 4) is 5.75 Å². The Morgan fingerprint density at radius 1 is 1.50 bits per heavy atom. The molecule has 0 radical (unpaired) electrons. The average molecular weight is 200 g/mol. The van der Waals surface area contributed by atoms with Crippen LogP contribution in [-0.4, -0.2) is 23.9 Å². The zero-order valence-electron chi connectivity index (χ0n) is 7.90. The van der Waals surface area contributed by atoms with Crippen LogP contribution in [0.2, 0.25) is 0 Å². The average Bonchev–Trinajstić information content (AvgIpc) is 2.18. The van der Waals surface area contributed by atoms with Crippen LogP contribution in [0.25, 0.3) is 0 Å². The number of methoxy groups -OCH3 is 1. The Balaban J connectivity index is 2.85. The van der Waals surface area contributed by atoms with E-state index in [1.807, 2.05) is 0 Å². The van der Waals surface area contributed by atoms with E-state index in [0.29, 0.717) is 5.56 Å². The molecule has 4 heteroatoms. The minimum atomic E-state index is -0.833. The van der Waals surface area contributed by atoms with Crippen LogP contribution in [0.3, 0.4) is 0 Å². The quantitative estimate of drug-likeness (QED) is 0.769. The standard InChI is InChI=1S/C10H13FO3/c1-14-10-3-2-7(6-8(10)11)9(13)4-5-12/h2-3,6,9,12-13H,4-5H2,1H3. The predicted molar refractivity (Wildman–Crippen MR) is 49.6 cm³/mol. The van der Waals surface area contributed by atoms with Crippen LogP contribution < -0.4 is 4.74 Å². The van der Waals surface area contributed by atoms with Gasteiger partial charge in [-0.15, -0.1) is 0 Å². The maximum absolute atomic E-state index is 13.2. The van der Waals surface area contributed by atoms with Crippen LogP contribution in [0.5, 0.6) is 5.75 Å². The highest BCUT2D eigenvalue weighted by Crippen LogP contribution is 2.23. The summed E-state index contributed by atoms with van der Waals surface area (Å²) in [4.78, 5) is 0. The lowest BCUT2D eigenvalue weighted by molar-refractivity contribution is 0.134. The maximum Gasteiger partial charge on any atom is 0.165 e. The molecular weight excluding hydrogens is 187 g/mol. The SMILES string of the molecule is COc1ccc(C(O)CCO)cc1F. The molecule has 0 aliphatic carbocycles. The number of hydrogen-bond acceptors (Lipinski definition) is 3. The Morgan fingerprint density at radius 2 is 2.21 bits per heavy atom. The number of aliphatic hydroxyl groups is 2. The van der Waals surface area contributed by atoms with Gasteiger partial charge in [-0.3, -0.25) is 0 Å². The molecule has 0 fully saturated rings. The molecule has 0 saturated heterocycles. The Kier molecular flexibility index (Phi) is 3.85. The molecule has 0 bridgehead atoms. The van der Waals surface area contributed by atoms with E-state index >= 15 is 0 Å². The molecule has 0 spiro atoms. The van der Waals surface area contributed by atoms with Gasteiger partial charge in [0.15, 0.2) is 11.6 Å². The van der Waals surface area contributed by atoms with E-state index in [1.54, 1.807) is 6.07 Å². The molecule has 0 amide bonds. The predicted octanol–water partition coefficient (Wildman–Crippen LogP) is 1.25. The van der Waals surface area contributed by atoms with Crippen LogP contribution in [0.15, 0.2) is 18.2 Å². The highest BCUT2D eigenvalue weighted by molar-refractivity contribution is 5.30. The molecule has 1 rings (SSSR count). The molecule has 0 aromatic heterocycles. The summed E-state index contributed by atoms with van der Waals surface area (Å²) < 4.78 is 17.9. The van der Waals surface area contributed by atoms with E-state index in [2.05, 4.69) is 0 Å². The summed E-state index contributed by atoms with van der Waals surface area (Å²) in [5.41, 5.74) is 0.442. The zero-order chi connectivity index (χ0) is 10.6. The first-order valence-electron chi connectivity index (χ1n) is 4.31. The van der Waals surface area contributed by atoms with Crippen molar-refractivity contribution in [1.82, 2.24) is 0 Å². The molecule has 0 aliphatic heterocycles. The van der Waals surface area contributed by atoms with Crippen molar-refractivity contribution in [2.24, 2.45) is 0 Å². The zero-order valence-corrected chi connectivity index (χ0v) is 7.90. The molecule has 0 aliphatic rings. The van der Waals surface area contributed by atoms with Crippen LogP contribution in [0.4, 0.5) is 4.39 Å². The summed E-state index contributed by atoms with van der Waals surface area (Å²) in [6.45, 7) is -0.130. The van der Waals surface area contributed by atoms with Crippen molar-refractivity contribution in [3.05, 3.63) is 29.6 Å². The summed E-state index contributed by atoms with van der Waals surface area (Å²) in [6.07, 6.45) is -0.633. The van der Waals surface area contributed by atoms with E-state index in [1.165, 1.54) is 19.2 Å². The minimum Gasteiger partial charge on any atom is -0.494 e. The van der Waals surface area contributed by atoms with Crippen LogP contribution in [0.1, 0.15) is 18.1 Å². The molecule has 2 N–H and O–H groups in total. The first kappa shape index (κ1) is 10.9. The van der Waals surface area contributed by atoms with Gasteiger partial charge in [-0.05, 0) is 17.7 Å². The van der Waals surface area contributed by atoms with Gasteiger partial charge in [0, 0.05) is 13.0 Å². The fourth-order valence-corrected chi connectivity index (χ4v) is 1.18.